The lowest BCUT2D eigenvalue weighted by molar-refractivity contribution is 0.0666. The predicted molar refractivity (Wildman–Crippen MR) is 59.3 cm³/mol. The van der Waals surface area contributed by atoms with Crippen molar-refractivity contribution in [2.24, 2.45) is 5.92 Å². The van der Waals surface area contributed by atoms with Gasteiger partial charge in [0.1, 0.15) is 5.82 Å². The zero-order valence-corrected chi connectivity index (χ0v) is 9.79. The van der Waals surface area contributed by atoms with E-state index in [0.29, 0.717) is 18.3 Å². The van der Waals surface area contributed by atoms with Crippen LogP contribution in [-0.4, -0.2) is 16.1 Å². The summed E-state index contributed by atoms with van der Waals surface area (Å²) in [6.45, 7) is 3.08. The lowest BCUT2D eigenvalue weighted by Gasteiger charge is -2.08. The van der Waals surface area contributed by atoms with Gasteiger partial charge in [-0.2, -0.15) is 8.78 Å². The van der Waals surface area contributed by atoms with Crippen molar-refractivity contribution in [1.82, 2.24) is 14.9 Å². The monoisotopic (exact) mass is 231 g/mol. The Labute approximate surface area is 94.9 Å². The Morgan fingerprint density at radius 2 is 2.19 bits per heavy atom. The van der Waals surface area contributed by atoms with Gasteiger partial charge in [0.05, 0.1) is 6.54 Å². The molecule has 0 fully saturated rings. The first-order valence-electron chi connectivity index (χ1n) is 5.62. The van der Waals surface area contributed by atoms with Crippen molar-refractivity contribution >= 4 is 0 Å². The molecule has 3 nitrogen and oxygen atoms in total. The van der Waals surface area contributed by atoms with Crippen molar-refractivity contribution in [3.8, 4) is 0 Å². The lowest BCUT2D eigenvalue weighted by atomic mass is 10.1. The van der Waals surface area contributed by atoms with Crippen LogP contribution in [0.2, 0.25) is 0 Å². The van der Waals surface area contributed by atoms with Crippen LogP contribution in [0.4, 0.5) is 8.78 Å². The molecule has 1 heterocycles. The average Bonchev–Trinajstić information content (AvgIpc) is 2.65. The van der Waals surface area contributed by atoms with Gasteiger partial charge in [0.15, 0.2) is 0 Å². The van der Waals surface area contributed by atoms with Gasteiger partial charge in [0.2, 0.25) is 0 Å². The normalized spacial score (nSPS) is 11.6. The number of rotatable bonds is 7. The number of halogens is 2. The Balaban J connectivity index is 2.24. The van der Waals surface area contributed by atoms with Crippen LogP contribution in [0.15, 0.2) is 12.4 Å². The van der Waals surface area contributed by atoms with Crippen LogP contribution >= 0.6 is 0 Å². The Kier molecular flexibility index (Phi) is 5.38. The molecule has 0 bridgehead atoms. The third-order valence-corrected chi connectivity index (χ3v) is 2.38. The molecule has 1 aromatic heterocycles. The molecule has 1 N–H and O–H groups in total. The molecule has 0 aliphatic rings. The lowest BCUT2D eigenvalue weighted by Crippen LogP contribution is -2.18. The Bertz CT molecular complexity index is 297. The fourth-order valence-electron chi connectivity index (χ4n) is 1.49. The average molecular weight is 231 g/mol. The molecule has 16 heavy (non-hydrogen) atoms. The molecule has 0 saturated heterocycles. The van der Waals surface area contributed by atoms with Crippen molar-refractivity contribution in [1.29, 1.82) is 0 Å². The van der Waals surface area contributed by atoms with E-state index in [2.05, 4.69) is 24.1 Å². The van der Waals surface area contributed by atoms with Crippen molar-refractivity contribution in [2.75, 3.05) is 6.54 Å². The maximum absolute atomic E-state index is 12.4. The SMILES string of the molecule is CC(C)CCCNCc1nccn1C(F)F. The minimum absolute atomic E-state index is 0.388. The van der Waals surface area contributed by atoms with Gasteiger partial charge < -0.3 is 5.32 Å². The molecule has 0 amide bonds. The molecule has 0 spiro atoms. The predicted octanol–water partition coefficient (Wildman–Crippen LogP) is 2.80. The van der Waals surface area contributed by atoms with Gasteiger partial charge in [-0.25, -0.2) is 4.98 Å². The molecule has 0 aromatic carbocycles. The van der Waals surface area contributed by atoms with Gasteiger partial charge in [-0.1, -0.05) is 13.8 Å². The van der Waals surface area contributed by atoms with Gasteiger partial charge in [-0.05, 0) is 25.3 Å². The summed E-state index contributed by atoms with van der Waals surface area (Å²) in [5.74, 6) is 1.07. The first kappa shape index (κ1) is 13.1. The smallest absolute Gasteiger partial charge is 0.310 e. The first-order chi connectivity index (χ1) is 7.61. The summed E-state index contributed by atoms with van der Waals surface area (Å²) >= 11 is 0. The quantitative estimate of drug-likeness (QED) is 0.731. The molecule has 1 aromatic rings. The zero-order chi connectivity index (χ0) is 12.0. The highest BCUT2D eigenvalue weighted by atomic mass is 19.3. The van der Waals surface area contributed by atoms with Crippen LogP contribution in [0, 0.1) is 5.92 Å². The standard InChI is InChI=1S/C11H19F2N3/c1-9(2)4-3-5-14-8-10-15-6-7-16(10)11(12)13/h6-7,9,11,14H,3-5,8H2,1-2H3. The zero-order valence-electron chi connectivity index (χ0n) is 9.79. The summed E-state index contributed by atoms with van der Waals surface area (Å²) in [5.41, 5.74) is 0. The summed E-state index contributed by atoms with van der Waals surface area (Å²) in [6.07, 6.45) is 4.91. The number of nitrogens with one attached hydrogen (secondary N) is 1. The van der Waals surface area contributed by atoms with Crippen LogP contribution in [0.5, 0.6) is 0 Å². The van der Waals surface area contributed by atoms with E-state index in [1.165, 1.54) is 12.4 Å². The van der Waals surface area contributed by atoms with Crippen molar-refractivity contribution < 1.29 is 8.78 Å². The van der Waals surface area contributed by atoms with Crippen LogP contribution in [0.25, 0.3) is 0 Å². The van der Waals surface area contributed by atoms with Crippen LogP contribution < -0.4 is 5.32 Å². The molecule has 0 radical (unpaired) electrons. The van der Waals surface area contributed by atoms with Crippen molar-refractivity contribution in [2.45, 2.75) is 39.8 Å². The number of imidazole rings is 1. The van der Waals surface area contributed by atoms with E-state index in [4.69, 9.17) is 0 Å². The fourth-order valence-corrected chi connectivity index (χ4v) is 1.49. The van der Waals surface area contributed by atoms with Gasteiger partial charge in [0.25, 0.3) is 0 Å². The second-order valence-corrected chi connectivity index (χ2v) is 4.24. The van der Waals surface area contributed by atoms with E-state index in [0.717, 1.165) is 24.0 Å². The number of hydrogen-bond donors (Lipinski definition) is 1. The van der Waals surface area contributed by atoms with E-state index in [1.54, 1.807) is 0 Å². The number of aromatic nitrogens is 2. The highest BCUT2D eigenvalue weighted by Crippen LogP contribution is 2.11. The van der Waals surface area contributed by atoms with Gasteiger partial charge >= 0.3 is 6.55 Å². The second-order valence-electron chi connectivity index (χ2n) is 4.24. The molecule has 92 valence electrons. The summed E-state index contributed by atoms with van der Waals surface area (Å²) in [4.78, 5) is 3.89. The molecule has 0 aliphatic heterocycles. The molecule has 1 rings (SSSR count). The Morgan fingerprint density at radius 3 is 2.81 bits per heavy atom. The van der Waals surface area contributed by atoms with E-state index >= 15 is 0 Å². The van der Waals surface area contributed by atoms with E-state index in [-0.39, 0.29) is 0 Å². The third-order valence-electron chi connectivity index (χ3n) is 2.38. The van der Waals surface area contributed by atoms with Gasteiger partial charge in [-0.15, -0.1) is 0 Å². The Morgan fingerprint density at radius 1 is 1.44 bits per heavy atom. The maximum atomic E-state index is 12.4. The van der Waals surface area contributed by atoms with E-state index in [9.17, 15) is 8.78 Å². The van der Waals surface area contributed by atoms with Crippen LogP contribution in [0.1, 0.15) is 39.1 Å². The maximum Gasteiger partial charge on any atom is 0.319 e. The highest BCUT2D eigenvalue weighted by molar-refractivity contribution is 4.92. The highest BCUT2D eigenvalue weighted by Gasteiger charge is 2.10. The number of hydrogen-bond acceptors (Lipinski definition) is 2. The molecule has 0 aliphatic carbocycles. The summed E-state index contributed by atoms with van der Waals surface area (Å²) in [7, 11) is 0. The molecule has 0 saturated carbocycles. The molecule has 5 heteroatoms. The molecule has 0 unspecified atom stereocenters. The molecule has 0 atom stereocenters. The molecular formula is C11H19F2N3. The Hall–Kier alpha value is -0.970. The topological polar surface area (TPSA) is 29.9 Å². The molecular weight excluding hydrogens is 212 g/mol. The minimum Gasteiger partial charge on any atom is -0.310 e. The van der Waals surface area contributed by atoms with Crippen LogP contribution in [-0.2, 0) is 6.54 Å². The van der Waals surface area contributed by atoms with E-state index < -0.39 is 6.55 Å². The van der Waals surface area contributed by atoms with Gasteiger partial charge in [0, 0.05) is 12.4 Å². The third kappa shape index (κ3) is 4.26. The van der Waals surface area contributed by atoms with Crippen LogP contribution in [0.3, 0.4) is 0 Å². The largest absolute Gasteiger partial charge is 0.319 e. The second kappa shape index (κ2) is 6.58. The minimum atomic E-state index is -2.50. The van der Waals surface area contributed by atoms with E-state index in [1.807, 2.05) is 0 Å². The van der Waals surface area contributed by atoms with Crippen molar-refractivity contribution in [3.05, 3.63) is 18.2 Å². The first-order valence-corrected chi connectivity index (χ1v) is 5.62. The summed E-state index contributed by atoms with van der Waals surface area (Å²) < 4.78 is 25.8. The fraction of sp³-hybridized carbons (Fsp3) is 0.727. The summed E-state index contributed by atoms with van der Waals surface area (Å²) in [5, 5.41) is 3.12. The number of nitrogens with zero attached hydrogens (tertiary/aromatic N) is 2. The van der Waals surface area contributed by atoms with Crippen molar-refractivity contribution in [3.63, 3.8) is 0 Å². The summed E-state index contributed by atoms with van der Waals surface area (Å²) in [6, 6.07) is 0. The number of alkyl halides is 2. The van der Waals surface area contributed by atoms with Gasteiger partial charge in [-0.3, -0.25) is 4.57 Å².